The summed E-state index contributed by atoms with van der Waals surface area (Å²) in [5.41, 5.74) is 7.99. The Balaban J connectivity index is 3.54. The summed E-state index contributed by atoms with van der Waals surface area (Å²) in [5.74, 6) is 1.79. The largest absolute Gasteiger partial charge is 0.493 e. The standard InChI is InChI=1S/C14H22ClNO2/c1-8(2)12-10(9(3)7-16)6-11(17-4)14(18-5)13(12)15/h6,8-9H,7,16H2,1-5H3. The maximum Gasteiger partial charge on any atom is 0.179 e. The van der Waals surface area contributed by atoms with Gasteiger partial charge in [0.25, 0.3) is 0 Å². The van der Waals surface area contributed by atoms with Gasteiger partial charge in [-0.1, -0.05) is 32.4 Å². The maximum absolute atomic E-state index is 6.45. The lowest BCUT2D eigenvalue weighted by Gasteiger charge is -2.22. The fraction of sp³-hybridized carbons (Fsp3) is 0.571. The Kier molecular flexibility index (Phi) is 5.29. The van der Waals surface area contributed by atoms with Crippen molar-refractivity contribution < 1.29 is 9.47 Å². The quantitative estimate of drug-likeness (QED) is 0.891. The Morgan fingerprint density at radius 2 is 1.83 bits per heavy atom. The van der Waals surface area contributed by atoms with Gasteiger partial charge in [0.05, 0.1) is 19.2 Å². The van der Waals surface area contributed by atoms with Crippen LogP contribution in [0.3, 0.4) is 0 Å². The van der Waals surface area contributed by atoms with Crippen LogP contribution in [0, 0.1) is 0 Å². The molecular formula is C14H22ClNO2. The molecule has 0 saturated carbocycles. The van der Waals surface area contributed by atoms with E-state index in [9.17, 15) is 0 Å². The third kappa shape index (κ3) is 2.73. The first-order chi connectivity index (χ1) is 8.47. The summed E-state index contributed by atoms with van der Waals surface area (Å²) in [5, 5.41) is 0.627. The number of nitrogens with two attached hydrogens (primary N) is 1. The number of halogens is 1. The van der Waals surface area contributed by atoms with Crippen molar-refractivity contribution >= 4 is 11.6 Å². The Labute approximate surface area is 114 Å². The Hall–Kier alpha value is -0.930. The fourth-order valence-corrected chi connectivity index (χ4v) is 2.60. The highest BCUT2D eigenvalue weighted by molar-refractivity contribution is 6.33. The number of methoxy groups -OCH3 is 2. The van der Waals surface area contributed by atoms with Gasteiger partial charge in [0, 0.05) is 0 Å². The molecule has 18 heavy (non-hydrogen) atoms. The van der Waals surface area contributed by atoms with Crippen molar-refractivity contribution in [2.24, 2.45) is 5.73 Å². The summed E-state index contributed by atoms with van der Waals surface area (Å²) in [6.45, 7) is 6.88. The summed E-state index contributed by atoms with van der Waals surface area (Å²) in [4.78, 5) is 0. The molecule has 0 bridgehead atoms. The van der Waals surface area contributed by atoms with Crippen LogP contribution in [0.25, 0.3) is 0 Å². The molecule has 4 heteroatoms. The summed E-state index contributed by atoms with van der Waals surface area (Å²) in [7, 11) is 3.21. The van der Waals surface area contributed by atoms with Crippen molar-refractivity contribution in [3.05, 3.63) is 22.2 Å². The molecule has 0 saturated heterocycles. The first kappa shape index (κ1) is 15.1. The minimum Gasteiger partial charge on any atom is -0.493 e. The van der Waals surface area contributed by atoms with Crippen LogP contribution in [0.4, 0.5) is 0 Å². The fourth-order valence-electron chi connectivity index (χ4n) is 2.11. The van der Waals surface area contributed by atoms with Crippen molar-refractivity contribution in [3.8, 4) is 11.5 Å². The lowest BCUT2D eigenvalue weighted by molar-refractivity contribution is 0.353. The van der Waals surface area contributed by atoms with E-state index in [2.05, 4.69) is 20.8 Å². The van der Waals surface area contributed by atoms with Gasteiger partial charge >= 0.3 is 0 Å². The second-order valence-corrected chi connectivity index (χ2v) is 5.10. The van der Waals surface area contributed by atoms with Gasteiger partial charge in [0.2, 0.25) is 0 Å². The Bertz CT molecular complexity index is 419. The van der Waals surface area contributed by atoms with E-state index in [1.165, 1.54) is 0 Å². The normalized spacial score (nSPS) is 12.7. The Morgan fingerprint density at radius 1 is 1.22 bits per heavy atom. The molecule has 1 aromatic rings. The molecule has 0 amide bonds. The molecule has 0 aliphatic carbocycles. The van der Waals surface area contributed by atoms with E-state index in [1.54, 1.807) is 14.2 Å². The predicted octanol–water partition coefficient (Wildman–Crippen LogP) is 3.54. The minimum atomic E-state index is 0.236. The maximum atomic E-state index is 6.45. The van der Waals surface area contributed by atoms with Crippen molar-refractivity contribution in [2.75, 3.05) is 20.8 Å². The van der Waals surface area contributed by atoms with Crippen LogP contribution in [-0.2, 0) is 0 Å². The first-order valence-corrected chi connectivity index (χ1v) is 6.49. The van der Waals surface area contributed by atoms with Gasteiger partial charge in [-0.25, -0.2) is 0 Å². The topological polar surface area (TPSA) is 44.5 Å². The van der Waals surface area contributed by atoms with Crippen molar-refractivity contribution in [3.63, 3.8) is 0 Å². The van der Waals surface area contributed by atoms with Crippen LogP contribution in [-0.4, -0.2) is 20.8 Å². The second kappa shape index (κ2) is 6.30. The van der Waals surface area contributed by atoms with Crippen LogP contribution in [0.2, 0.25) is 5.02 Å². The van der Waals surface area contributed by atoms with E-state index in [0.717, 1.165) is 11.1 Å². The molecule has 1 unspecified atom stereocenters. The highest BCUT2D eigenvalue weighted by Gasteiger charge is 2.22. The molecule has 2 N–H and O–H groups in total. The van der Waals surface area contributed by atoms with Crippen LogP contribution in [0.5, 0.6) is 11.5 Å². The highest BCUT2D eigenvalue weighted by Crippen LogP contribution is 2.44. The summed E-state index contributed by atoms with van der Waals surface area (Å²) < 4.78 is 10.7. The number of hydrogen-bond donors (Lipinski definition) is 1. The molecule has 102 valence electrons. The van der Waals surface area contributed by atoms with Gasteiger partial charge in [0.1, 0.15) is 0 Å². The molecule has 0 aliphatic heterocycles. The molecule has 0 radical (unpaired) electrons. The first-order valence-electron chi connectivity index (χ1n) is 6.12. The minimum absolute atomic E-state index is 0.236. The predicted molar refractivity (Wildman–Crippen MR) is 76.1 cm³/mol. The smallest absolute Gasteiger partial charge is 0.179 e. The molecule has 0 spiro atoms. The third-order valence-electron chi connectivity index (χ3n) is 3.14. The van der Waals surface area contributed by atoms with Crippen molar-refractivity contribution in [2.45, 2.75) is 32.6 Å². The monoisotopic (exact) mass is 271 g/mol. The number of benzene rings is 1. The summed E-state index contributed by atoms with van der Waals surface area (Å²) in [6.07, 6.45) is 0. The number of ether oxygens (including phenoxy) is 2. The van der Waals surface area contributed by atoms with Crippen LogP contribution < -0.4 is 15.2 Å². The molecular weight excluding hydrogens is 250 g/mol. The second-order valence-electron chi connectivity index (χ2n) is 4.72. The van der Waals surface area contributed by atoms with Crippen LogP contribution >= 0.6 is 11.6 Å². The van der Waals surface area contributed by atoms with E-state index < -0.39 is 0 Å². The van der Waals surface area contributed by atoms with Gasteiger partial charge in [0.15, 0.2) is 11.5 Å². The summed E-state index contributed by atoms with van der Waals surface area (Å²) in [6, 6.07) is 1.98. The van der Waals surface area contributed by atoms with E-state index >= 15 is 0 Å². The van der Waals surface area contributed by atoms with Crippen LogP contribution in [0.15, 0.2) is 6.07 Å². The van der Waals surface area contributed by atoms with E-state index in [-0.39, 0.29) is 5.92 Å². The van der Waals surface area contributed by atoms with E-state index in [1.807, 2.05) is 6.07 Å². The molecule has 1 rings (SSSR count). The highest BCUT2D eigenvalue weighted by atomic mass is 35.5. The van der Waals surface area contributed by atoms with Gasteiger partial charge in [-0.05, 0) is 35.6 Å². The molecule has 3 nitrogen and oxygen atoms in total. The van der Waals surface area contributed by atoms with Crippen LogP contribution in [0.1, 0.15) is 43.7 Å². The number of hydrogen-bond acceptors (Lipinski definition) is 3. The molecule has 1 atom stereocenters. The van der Waals surface area contributed by atoms with Gasteiger partial charge < -0.3 is 15.2 Å². The van der Waals surface area contributed by atoms with Gasteiger partial charge in [-0.2, -0.15) is 0 Å². The van der Waals surface area contributed by atoms with E-state index in [0.29, 0.717) is 29.0 Å². The zero-order chi connectivity index (χ0) is 13.9. The zero-order valence-corrected chi connectivity index (χ0v) is 12.5. The molecule has 0 aliphatic rings. The van der Waals surface area contributed by atoms with E-state index in [4.69, 9.17) is 26.8 Å². The lowest BCUT2D eigenvalue weighted by Crippen LogP contribution is -2.13. The SMILES string of the molecule is COc1cc(C(C)CN)c(C(C)C)c(Cl)c1OC. The molecule has 1 aromatic carbocycles. The summed E-state index contributed by atoms with van der Waals surface area (Å²) >= 11 is 6.45. The molecule has 0 aromatic heterocycles. The van der Waals surface area contributed by atoms with Crippen molar-refractivity contribution in [1.82, 2.24) is 0 Å². The lowest BCUT2D eigenvalue weighted by atomic mass is 9.89. The number of rotatable bonds is 5. The van der Waals surface area contributed by atoms with Gasteiger partial charge in [-0.3, -0.25) is 0 Å². The van der Waals surface area contributed by atoms with Crippen molar-refractivity contribution in [1.29, 1.82) is 0 Å². The molecule has 0 fully saturated rings. The third-order valence-corrected chi connectivity index (χ3v) is 3.52. The Morgan fingerprint density at radius 3 is 2.22 bits per heavy atom. The molecule has 0 heterocycles. The average Bonchev–Trinajstić information content (AvgIpc) is 2.35. The zero-order valence-electron chi connectivity index (χ0n) is 11.7. The average molecular weight is 272 g/mol. The van der Waals surface area contributed by atoms with Gasteiger partial charge in [-0.15, -0.1) is 0 Å².